The van der Waals surface area contributed by atoms with E-state index >= 15 is 0 Å². The van der Waals surface area contributed by atoms with Gasteiger partial charge in [-0.05, 0) is 66.3 Å². The second kappa shape index (κ2) is 12.7. The Labute approximate surface area is 180 Å². The zero-order valence-corrected chi connectivity index (χ0v) is 18.6. The van der Waals surface area contributed by atoms with Crippen LogP contribution in [0.5, 0.6) is 11.5 Å². The molecule has 0 heterocycles. The van der Waals surface area contributed by atoms with E-state index in [4.69, 9.17) is 9.47 Å². The zero-order chi connectivity index (χ0) is 21.8. The number of unbranched alkanes of at least 4 members (excludes halogenated alkanes) is 3. The van der Waals surface area contributed by atoms with Gasteiger partial charge in [0.25, 0.3) is 5.91 Å². The fraction of sp³-hybridized carbons (Fsp3) is 0.440. The number of rotatable bonds is 12. The van der Waals surface area contributed by atoms with E-state index in [1.165, 1.54) is 19.3 Å². The molecule has 0 radical (unpaired) electrons. The Kier molecular flexibility index (Phi) is 9.92. The second-order valence-corrected chi connectivity index (χ2v) is 7.76. The van der Waals surface area contributed by atoms with Gasteiger partial charge < -0.3 is 9.47 Å². The molecule has 0 bridgehead atoms. The maximum atomic E-state index is 12.1. The van der Waals surface area contributed by atoms with Crippen LogP contribution in [0.4, 0.5) is 0 Å². The highest BCUT2D eigenvalue weighted by Gasteiger charge is 2.10. The van der Waals surface area contributed by atoms with E-state index in [1.54, 1.807) is 6.21 Å². The first kappa shape index (κ1) is 23.5. The molecule has 2 aromatic rings. The second-order valence-electron chi connectivity index (χ2n) is 7.76. The van der Waals surface area contributed by atoms with Gasteiger partial charge in [0.1, 0.15) is 11.5 Å². The largest absolute Gasteiger partial charge is 0.494 e. The summed E-state index contributed by atoms with van der Waals surface area (Å²) in [4.78, 5) is 12.1. The van der Waals surface area contributed by atoms with Crippen LogP contribution in [0.3, 0.4) is 0 Å². The zero-order valence-electron chi connectivity index (χ0n) is 18.6. The average Bonchev–Trinajstić information content (AvgIpc) is 2.73. The summed E-state index contributed by atoms with van der Waals surface area (Å²) in [6.45, 7) is 9.07. The summed E-state index contributed by atoms with van der Waals surface area (Å²) in [5.74, 6) is 1.62. The normalized spacial score (nSPS) is 11.1. The van der Waals surface area contributed by atoms with E-state index in [2.05, 4.69) is 37.4 Å². The van der Waals surface area contributed by atoms with Crippen molar-refractivity contribution < 1.29 is 14.3 Å². The number of nitrogens with one attached hydrogen (secondary N) is 1. The maximum absolute atomic E-state index is 12.1. The van der Waals surface area contributed by atoms with Crippen LogP contribution in [0, 0.1) is 6.92 Å². The molecule has 0 spiro atoms. The number of ether oxygens (including phenoxy) is 2. The summed E-state index contributed by atoms with van der Waals surface area (Å²) in [6.07, 6.45) is 6.36. The highest BCUT2D eigenvalue weighted by molar-refractivity contribution is 5.83. The van der Waals surface area contributed by atoms with Crippen LogP contribution in [0.2, 0.25) is 0 Å². The van der Waals surface area contributed by atoms with E-state index in [0.717, 1.165) is 41.2 Å². The minimum atomic E-state index is -0.297. The molecule has 0 aromatic heterocycles. The number of benzene rings is 2. The third-order valence-corrected chi connectivity index (χ3v) is 4.70. The van der Waals surface area contributed by atoms with Crippen molar-refractivity contribution in [2.45, 2.75) is 59.3 Å². The van der Waals surface area contributed by atoms with E-state index in [1.807, 2.05) is 43.3 Å². The molecular formula is C25H34N2O3. The highest BCUT2D eigenvalue weighted by Crippen LogP contribution is 2.27. The summed E-state index contributed by atoms with van der Waals surface area (Å²) in [5, 5.41) is 4.01. The van der Waals surface area contributed by atoms with Crippen molar-refractivity contribution in [2.24, 2.45) is 5.10 Å². The van der Waals surface area contributed by atoms with Crippen LogP contribution in [0.1, 0.15) is 69.1 Å². The van der Waals surface area contributed by atoms with E-state index < -0.39 is 0 Å². The summed E-state index contributed by atoms with van der Waals surface area (Å²) in [6, 6.07) is 13.7. The number of amides is 1. The fourth-order valence-electron chi connectivity index (χ4n) is 2.97. The van der Waals surface area contributed by atoms with Gasteiger partial charge in [0.15, 0.2) is 6.61 Å². The van der Waals surface area contributed by atoms with Crippen molar-refractivity contribution >= 4 is 12.1 Å². The summed E-state index contributed by atoms with van der Waals surface area (Å²) in [7, 11) is 0. The number of aryl methyl sites for hydroxylation is 1. The number of hydrazone groups is 1. The molecular weight excluding hydrogens is 376 g/mol. The molecule has 0 saturated heterocycles. The van der Waals surface area contributed by atoms with Crippen LogP contribution in [0.15, 0.2) is 47.6 Å². The quantitative estimate of drug-likeness (QED) is 0.281. The Hall–Kier alpha value is -2.82. The van der Waals surface area contributed by atoms with Crippen LogP contribution in [-0.4, -0.2) is 25.3 Å². The van der Waals surface area contributed by atoms with Gasteiger partial charge >= 0.3 is 0 Å². The average molecular weight is 411 g/mol. The van der Waals surface area contributed by atoms with Gasteiger partial charge in [0, 0.05) is 0 Å². The van der Waals surface area contributed by atoms with Crippen molar-refractivity contribution in [1.29, 1.82) is 0 Å². The summed E-state index contributed by atoms with van der Waals surface area (Å²) < 4.78 is 11.4. The number of hydrogen-bond acceptors (Lipinski definition) is 4. The first-order valence-electron chi connectivity index (χ1n) is 10.8. The van der Waals surface area contributed by atoms with Gasteiger partial charge in [0.2, 0.25) is 0 Å². The fourth-order valence-corrected chi connectivity index (χ4v) is 2.97. The number of nitrogens with zero attached hydrogens (tertiary/aromatic N) is 1. The van der Waals surface area contributed by atoms with Gasteiger partial charge in [-0.15, -0.1) is 0 Å². The molecule has 0 atom stereocenters. The van der Waals surface area contributed by atoms with Crippen LogP contribution in [0.25, 0.3) is 0 Å². The smallest absolute Gasteiger partial charge is 0.277 e. The molecule has 0 aliphatic rings. The first-order chi connectivity index (χ1) is 14.5. The first-order valence-corrected chi connectivity index (χ1v) is 10.8. The van der Waals surface area contributed by atoms with Gasteiger partial charge in [-0.1, -0.05) is 52.2 Å². The van der Waals surface area contributed by atoms with E-state index in [0.29, 0.717) is 5.92 Å². The van der Waals surface area contributed by atoms with Crippen molar-refractivity contribution in [3.8, 4) is 11.5 Å². The molecule has 0 fully saturated rings. The molecule has 1 N–H and O–H groups in total. The van der Waals surface area contributed by atoms with Crippen molar-refractivity contribution in [1.82, 2.24) is 5.43 Å². The lowest BCUT2D eigenvalue weighted by Crippen LogP contribution is -2.25. The minimum Gasteiger partial charge on any atom is -0.494 e. The van der Waals surface area contributed by atoms with Crippen LogP contribution < -0.4 is 14.9 Å². The Morgan fingerprint density at radius 3 is 2.53 bits per heavy atom. The lowest BCUT2D eigenvalue weighted by Gasteiger charge is -2.14. The molecule has 0 unspecified atom stereocenters. The predicted molar refractivity (Wildman–Crippen MR) is 123 cm³/mol. The Morgan fingerprint density at radius 1 is 1.07 bits per heavy atom. The minimum absolute atomic E-state index is 0.0781. The maximum Gasteiger partial charge on any atom is 0.277 e. The molecule has 0 aliphatic heterocycles. The van der Waals surface area contributed by atoms with Gasteiger partial charge in [0.05, 0.1) is 12.8 Å². The van der Waals surface area contributed by atoms with Crippen molar-refractivity contribution in [3.63, 3.8) is 0 Å². The third kappa shape index (κ3) is 8.27. The van der Waals surface area contributed by atoms with E-state index in [-0.39, 0.29) is 12.5 Å². The molecule has 0 saturated carbocycles. The molecule has 1 amide bonds. The van der Waals surface area contributed by atoms with Crippen LogP contribution in [-0.2, 0) is 4.79 Å². The molecule has 5 heteroatoms. The molecule has 2 rings (SSSR count). The molecule has 30 heavy (non-hydrogen) atoms. The van der Waals surface area contributed by atoms with Gasteiger partial charge in [-0.3, -0.25) is 4.79 Å². The predicted octanol–water partition coefficient (Wildman–Crippen LogP) is 5.61. The number of hydrogen-bond donors (Lipinski definition) is 1. The molecule has 0 aliphatic carbocycles. The summed E-state index contributed by atoms with van der Waals surface area (Å²) in [5.41, 5.74) is 5.58. The lowest BCUT2D eigenvalue weighted by atomic mass is 10.0. The standard InChI is InChI=1S/C25H34N2O3/c1-5-6-7-8-15-29-22-12-10-21(11-13-22)17-26-27-25(28)18-30-24-16-20(4)9-14-23(24)19(2)3/h9-14,16-17,19H,5-8,15,18H2,1-4H3,(H,27,28). The van der Waals surface area contributed by atoms with Gasteiger partial charge in [-0.2, -0.15) is 5.10 Å². The summed E-state index contributed by atoms with van der Waals surface area (Å²) >= 11 is 0. The van der Waals surface area contributed by atoms with E-state index in [9.17, 15) is 4.79 Å². The SMILES string of the molecule is CCCCCCOc1ccc(C=NNC(=O)COc2cc(C)ccc2C(C)C)cc1. The third-order valence-electron chi connectivity index (χ3n) is 4.70. The Balaban J connectivity index is 1.76. The lowest BCUT2D eigenvalue weighted by molar-refractivity contribution is -0.123. The van der Waals surface area contributed by atoms with Crippen LogP contribution >= 0.6 is 0 Å². The topological polar surface area (TPSA) is 59.9 Å². The van der Waals surface area contributed by atoms with Gasteiger partial charge in [-0.25, -0.2) is 5.43 Å². The molecule has 162 valence electrons. The Bertz CT molecular complexity index is 814. The molecule has 2 aromatic carbocycles. The highest BCUT2D eigenvalue weighted by atomic mass is 16.5. The number of carbonyl (C=O) groups is 1. The number of carbonyl (C=O) groups excluding carboxylic acids is 1. The monoisotopic (exact) mass is 410 g/mol. The molecule has 5 nitrogen and oxygen atoms in total. The Morgan fingerprint density at radius 2 is 1.83 bits per heavy atom. The van der Waals surface area contributed by atoms with Crippen molar-refractivity contribution in [2.75, 3.05) is 13.2 Å². The van der Waals surface area contributed by atoms with Crippen molar-refractivity contribution in [3.05, 3.63) is 59.2 Å².